The zero-order valence-electron chi connectivity index (χ0n) is 9.46. The van der Waals surface area contributed by atoms with Gasteiger partial charge in [-0.3, -0.25) is 4.79 Å². The highest BCUT2D eigenvalue weighted by molar-refractivity contribution is 6.67. The highest BCUT2D eigenvalue weighted by Crippen LogP contribution is 2.46. The van der Waals surface area contributed by atoms with E-state index in [0.717, 1.165) is 5.57 Å². The number of hydrogen-bond donors (Lipinski definition) is 0. The molecule has 3 aliphatic rings. The molecule has 3 atom stereocenters. The lowest BCUT2D eigenvalue weighted by Crippen LogP contribution is -2.34. The zero-order chi connectivity index (χ0) is 11.2. The zero-order valence-corrected chi connectivity index (χ0v) is 10.2. The number of fused-ring (bicyclic) bond motifs is 1. The molecule has 2 bridgehead atoms. The van der Waals surface area contributed by atoms with E-state index >= 15 is 0 Å². The van der Waals surface area contributed by atoms with Gasteiger partial charge in [-0.15, -0.1) is 0 Å². The molecule has 82 valence electrons. The van der Waals surface area contributed by atoms with E-state index in [0.29, 0.717) is 17.8 Å². The van der Waals surface area contributed by atoms with Crippen LogP contribution >= 0.6 is 11.6 Å². The van der Waals surface area contributed by atoms with Crippen molar-refractivity contribution in [3.05, 3.63) is 23.3 Å². The maximum absolute atomic E-state index is 11.3. The van der Waals surface area contributed by atoms with E-state index in [2.05, 4.69) is 32.9 Å². The van der Waals surface area contributed by atoms with Crippen LogP contribution in [0, 0.1) is 23.7 Å². The number of carbonyl (C=O) groups is 1. The molecule has 1 nitrogen and oxygen atoms in total. The van der Waals surface area contributed by atoms with Crippen molar-refractivity contribution in [1.82, 2.24) is 0 Å². The van der Waals surface area contributed by atoms with Crippen LogP contribution in [0.25, 0.3) is 0 Å². The van der Waals surface area contributed by atoms with Crippen LogP contribution in [0.15, 0.2) is 23.3 Å². The summed E-state index contributed by atoms with van der Waals surface area (Å²) >= 11 is 5.63. The molecular formula is C13H17ClO. The van der Waals surface area contributed by atoms with Gasteiger partial charge in [0.1, 0.15) is 0 Å². The van der Waals surface area contributed by atoms with Gasteiger partial charge in [0.2, 0.25) is 5.24 Å². The summed E-state index contributed by atoms with van der Waals surface area (Å²) < 4.78 is 0. The first kappa shape index (κ1) is 10.9. The molecule has 0 radical (unpaired) electrons. The molecule has 0 amide bonds. The van der Waals surface area contributed by atoms with Crippen molar-refractivity contribution in [2.75, 3.05) is 0 Å². The Labute approximate surface area is 96.2 Å². The minimum absolute atomic E-state index is 0.264. The van der Waals surface area contributed by atoms with Gasteiger partial charge in [0.15, 0.2) is 0 Å². The van der Waals surface area contributed by atoms with E-state index in [1.807, 2.05) is 0 Å². The lowest BCUT2D eigenvalue weighted by Gasteiger charge is -2.41. The van der Waals surface area contributed by atoms with Crippen LogP contribution in [0.4, 0.5) is 0 Å². The molecule has 0 saturated heterocycles. The largest absolute Gasteiger partial charge is 0.276 e. The summed E-state index contributed by atoms with van der Waals surface area (Å²) in [6.07, 6.45) is 5.50. The smallest absolute Gasteiger partial charge is 0.248 e. The second-order valence-electron chi connectivity index (χ2n) is 5.08. The Morgan fingerprint density at radius 1 is 1.47 bits per heavy atom. The number of halogens is 1. The van der Waals surface area contributed by atoms with E-state index in [1.54, 1.807) is 0 Å². The number of rotatable bonds is 2. The van der Waals surface area contributed by atoms with Crippen molar-refractivity contribution < 1.29 is 4.79 Å². The van der Waals surface area contributed by atoms with Crippen molar-refractivity contribution >= 4 is 16.8 Å². The maximum Gasteiger partial charge on any atom is 0.248 e. The van der Waals surface area contributed by atoms with Crippen LogP contribution in [0.1, 0.15) is 27.2 Å². The first-order valence-corrected chi connectivity index (χ1v) is 5.98. The third-order valence-electron chi connectivity index (χ3n) is 3.84. The number of hydrogen-bond acceptors (Lipinski definition) is 1. The molecule has 0 aromatic heterocycles. The highest BCUT2D eigenvalue weighted by atomic mass is 35.5. The fourth-order valence-corrected chi connectivity index (χ4v) is 3.08. The van der Waals surface area contributed by atoms with Crippen molar-refractivity contribution in [3.63, 3.8) is 0 Å². The van der Waals surface area contributed by atoms with Crippen molar-refractivity contribution in [2.45, 2.75) is 27.2 Å². The molecule has 0 saturated carbocycles. The Balaban J connectivity index is 2.35. The van der Waals surface area contributed by atoms with Gasteiger partial charge >= 0.3 is 0 Å². The van der Waals surface area contributed by atoms with Gasteiger partial charge in [-0.05, 0) is 42.7 Å². The fraction of sp³-hybridized carbons (Fsp3) is 0.615. The monoisotopic (exact) mass is 224 g/mol. The van der Waals surface area contributed by atoms with E-state index in [9.17, 15) is 4.79 Å². The summed E-state index contributed by atoms with van der Waals surface area (Å²) in [6, 6.07) is 0. The Kier molecular flexibility index (Phi) is 2.76. The first-order chi connectivity index (χ1) is 7.00. The standard InChI is InChI=1S/C13H17ClO/c1-7(2)10-5-9-6-12(13(14)15)11(10)4-8(9)3/h4,6-7,9-11H,5H2,1-3H3/t9-,10?,11?/m0/s1. The molecule has 0 N–H and O–H groups in total. The van der Waals surface area contributed by atoms with Gasteiger partial charge in [-0.25, -0.2) is 0 Å². The lowest BCUT2D eigenvalue weighted by molar-refractivity contribution is -0.109. The second kappa shape index (κ2) is 3.79. The molecule has 0 aliphatic heterocycles. The predicted octanol–water partition coefficient (Wildman–Crippen LogP) is 3.55. The van der Waals surface area contributed by atoms with Crippen molar-refractivity contribution in [1.29, 1.82) is 0 Å². The summed E-state index contributed by atoms with van der Waals surface area (Å²) in [5.74, 6) is 1.91. The van der Waals surface area contributed by atoms with Gasteiger partial charge in [0, 0.05) is 11.5 Å². The average Bonchev–Trinajstić information content (AvgIpc) is 2.17. The van der Waals surface area contributed by atoms with Crippen LogP contribution in [0.2, 0.25) is 0 Å². The molecule has 2 heteroatoms. The Morgan fingerprint density at radius 2 is 2.13 bits per heavy atom. The van der Waals surface area contributed by atoms with Crippen LogP contribution < -0.4 is 0 Å². The molecule has 0 aromatic carbocycles. The lowest BCUT2D eigenvalue weighted by atomic mass is 9.63. The first-order valence-electron chi connectivity index (χ1n) is 5.60. The molecule has 0 fully saturated rings. The minimum atomic E-state index is -0.265. The van der Waals surface area contributed by atoms with Gasteiger partial charge in [0.25, 0.3) is 0 Å². The third-order valence-corrected chi connectivity index (χ3v) is 4.06. The van der Waals surface area contributed by atoms with E-state index in [1.165, 1.54) is 12.0 Å². The average molecular weight is 225 g/mol. The molecule has 2 unspecified atom stereocenters. The van der Waals surface area contributed by atoms with Crippen molar-refractivity contribution in [2.24, 2.45) is 23.7 Å². The fourth-order valence-electron chi connectivity index (χ4n) is 2.89. The summed E-state index contributed by atoms with van der Waals surface area (Å²) in [5.41, 5.74) is 2.23. The van der Waals surface area contributed by atoms with Gasteiger partial charge in [0.05, 0.1) is 0 Å². The molecule has 0 spiro atoms. The van der Waals surface area contributed by atoms with Crippen LogP contribution in [-0.2, 0) is 4.79 Å². The molecule has 0 heterocycles. The Bertz CT molecular complexity index is 352. The van der Waals surface area contributed by atoms with Gasteiger partial charge in [-0.2, -0.15) is 0 Å². The molecule has 15 heavy (non-hydrogen) atoms. The third kappa shape index (κ3) is 1.78. The normalized spacial score (nSPS) is 34.1. The Morgan fingerprint density at radius 3 is 2.60 bits per heavy atom. The number of carbonyl (C=O) groups excluding carboxylic acids is 1. The van der Waals surface area contributed by atoms with Crippen LogP contribution in [0.5, 0.6) is 0 Å². The van der Waals surface area contributed by atoms with Gasteiger partial charge < -0.3 is 0 Å². The van der Waals surface area contributed by atoms with Crippen LogP contribution in [0.3, 0.4) is 0 Å². The highest BCUT2D eigenvalue weighted by Gasteiger charge is 2.39. The molecular weight excluding hydrogens is 208 g/mol. The summed E-state index contributed by atoms with van der Waals surface area (Å²) in [4.78, 5) is 11.3. The SMILES string of the molecule is CC1=CC2C(C(=O)Cl)=C[C@@H]1CC2C(C)C. The molecule has 3 aliphatic carbocycles. The predicted molar refractivity (Wildman–Crippen MR) is 62.6 cm³/mol. The van der Waals surface area contributed by atoms with Gasteiger partial charge in [-0.1, -0.05) is 31.6 Å². The minimum Gasteiger partial charge on any atom is -0.276 e. The molecule has 3 rings (SSSR count). The van der Waals surface area contributed by atoms with Crippen LogP contribution in [-0.4, -0.2) is 5.24 Å². The molecule has 0 aromatic rings. The summed E-state index contributed by atoms with van der Waals surface area (Å²) in [7, 11) is 0. The summed E-state index contributed by atoms with van der Waals surface area (Å²) in [6.45, 7) is 6.61. The maximum atomic E-state index is 11.3. The topological polar surface area (TPSA) is 17.1 Å². The van der Waals surface area contributed by atoms with E-state index in [4.69, 9.17) is 11.6 Å². The van der Waals surface area contributed by atoms with E-state index in [-0.39, 0.29) is 11.2 Å². The number of allylic oxidation sites excluding steroid dienone is 4. The van der Waals surface area contributed by atoms with Crippen molar-refractivity contribution in [3.8, 4) is 0 Å². The van der Waals surface area contributed by atoms with E-state index < -0.39 is 0 Å². The quantitative estimate of drug-likeness (QED) is 0.518. The Hall–Kier alpha value is -0.560. The second-order valence-corrected chi connectivity index (χ2v) is 5.43. The summed E-state index contributed by atoms with van der Waals surface area (Å²) in [5, 5.41) is -0.265.